The number of aryl methyl sites for hydroxylation is 1. The lowest BCUT2D eigenvalue weighted by atomic mass is 10.2. The van der Waals surface area contributed by atoms with Gasteiger partial charge in [-0.3, -0.25) is 4.79 Å². The highest BCUT2D eigenvalue weighted by molar-refractivity contribution is 7.91. The second kappa shape index (κ2) is 7.27. The van der Waals surface area contributed by atoms with Crippen molar-refractivity contribution in [3.8, 4) is 0 Å². The summed E-state index contributed by atoms with van der Waals surface area (Å²) in [5, 5.41) is 2.60. The van der Waals surface area contributed by atoms with Crippen LogP contribution in [-0.2, 0) is 24.2 Å². The highest BCUT2D eigenvalue weighted by Crippen LogP contribution is 2.16. The van der Waals surface area contributed by atoms with Gasteiger partial charge in [-0.1, -0.05) is 0 Å². The zero-order valence-electron chi connectivity index (χ0n) is 12.9. The van der Waals surface area contributed by atoms with Crippen molar-refractivity contribution >= 4 is 39.1 Å². The Labute approximate surface area is 139 Å². The van der Waals surface area contributed by atoms with E-state index in [4.69, 9.17) is 4.74 Å². The van der Waals surface area contributed by atoms with Crippen LogP contribution in [0.2, 0.25) is 0 Å². The van der Waals surface area contributed by atoms with E-state index in [0.29, 0.717) is 6.42 Å². The first-order chi connectivity index (χ1) is 10.7. The third kappa shape index (κ3) is 5.47. The summed E-state index contributed by atoms with van der Waals surface area (Å²) in [4.78, 5) is 25.7. The highest BCUT2D eigenvalue weighted by atomic mass is 32.2. The van der Waals surface area contributed by atoms with Crippen LogP contribution in [-0.4, -0.2) is 43.9 Å². The number of sulfone groups is 1. The van der Waals surface area contributed by atoms with Gasteiger partial charge in [0, 0.05) is 21.9 Å². The number of hydrogen-bond acceptors (Lipinski definition) is 6. The number of esters is 1. The van der Waals surface area contributed by atoms with Gasteiger partial charge in [0.05, 0.1) is 11.5 Å². The molecule has 2 rings (SSSR count). The summed E-state index contributed by atoms with van der Waals surface area (Å²) in [5.74, 6) is -1.08. The molecule has 23 heavy (non-hydrogen) atoms. The molecule has 0 bridgehead atoms. The van der Waals surface area contributed by atoms with Crippen molar-refractivity contribution in [1.82, 2.24) is 5.32 Å². The summed E-state index contributed by atoms with van der Waals surface area (Å²) in [6.07, 6.45) is 2.33. The summed E-state index contributed by atoms with van der Waals surface area (Å²) in [5.41, 5.74) is 0. The van der Waals surface area contributed by atoms with E-state index in [1.165, 1.54) is 13.0 Å². The second-order valence-corrected chi connectivity index (χ2v) is 9.02. The maximum Gasteiger partial charge on any atom is 0.331 e. The topological polar surface area (TPSA) is 89.5 Å². The number of hydrogen-bond donors (Lipinski definition) is 1. The molecule has 2 atom stereocenters. The Morgan fingerprint density at radius 1 is 1.43 bits per heavy atom. The molecule has 0 aromatic carbocycles. The van der Waals surface area contributed by atoms with Gasteiger partial charge in [0.25, 0.3) is 5.91 Å². The molecule has 2 heterocycles. The van der Waals surface area contributed by atoms with Crippen molar-refractivity contribution in [3.05, 3.63) is 28.0 Å². The largest absolute Gasteiger partial charge is 0.449 e. The fourth-order valence-corrected chi connectivity index (χ4v) is 4.64. The van der Waals surface area contributed by atoms with Crippen molar-refractivity contribution in [1.29, 1.82) is 0 Å². The Morgan fingerprint density at radius 3 is 2.74 bits per heavy atom. The summed E-state index contributed by atoms with van der Waals surface area (Å²) in [7, 11) is -3.06. The predicted octanol–water partition coefficient (Wildman–Crippen LogP) is 1.30. The number of nitrogens with one attached hydrogen (secondary N) is 1. The van der Waals surface area contributed by atoms with Crippen molar-refractivity contribution in [3.63, 3.8) is 0 Å². The van der Waals surface area contributed by atoms with E-state index in [2.05, 4.69) is 5.32 Å². The van der Waals surface area contributed by atoms with E-state index in [-0.39, 0.29) is 11.5 Å². The summed E-state index contributed by atoms with van der Waals surface area (Å²) in [6.45, 7) is 3.43. The monoisotopic (exact) mass is 357 g/mol. The number of carbonyl (C=O) groups excluding carboxylic acids is 2. The predicted molar refractivity (Wildman–Crippen MR) is 88.8 cm³/mol. The van der Waals surface area contributed by atoms with Crippen LogP contribution in [0.1, 0.15) is 23.1 Å². The molecule has 1 aromatic heterocycles. The number of amides is 1. The SMILES string of the molecule is Cc1ccc(/C=C/C(=O)O[C@@H](C)C(=O)N[C@H]2CCS(=O)(=O)C2)s1. The van der Waals surface area contributed by atoms with Crippen LogP contribution < -0.4 is 5.32 Å². The summed E-state index contributed by atoms with van der Waals surface area (Å²) < 4.78 is 27.7. The van der Waals surface area contributed by atoms with Gasteiger partial charge in [-0.15, -0.1) is 11.3 Å². The van der Waals surface area contributed by atoms with Crippen molar-refractivity contribution in [2.75, 3.05) is 11.5 Å². The fraction of sp³-hybridized carbons (Fsp3) is 0.467. The Bertz CT molecular complexity index is 720. The lowest BCUT2D eigenvalue weighted by Crippen LogP contribution is -2.42. The van der Waals surface area contributed by atoms with Crippen LogP contribution in [0.15, 0.2) is 18.2 Å². The van der Waals surface area contributed by atoms with Crippen molar-refractivity contribution < 1.29 is 22.7 Å². The van der Waals surface area contributed by atoms with Gasteiger partial charge in [-0.2, -0.15) is 0 Å². The Balaban J connectivity index is 1.81. The molecule has 6 nitrogen and oxygen atoms in total. The quantitative estimate of drug-likeness (QED) is 0.634. The van der Waals surface area contributed by atoms with Gasteiger partial charge in [-0.25, -0.2) is 13.2 Å². The lowest BCUT2D eigenvalue weighted by Gasteiger charge is -2.15. The van der Waals surface area contributed by atoms with Gasteiger partial charge in [0.1, 0.15) is 0 Å². The third-order valence-electron chi connectivity index (χ3n) is 3.39. The molecule has 1 N–H and O–H groups in total. The van der Waals surface area contributed by atoms with Crippen LogP contribution in [0.4, 0.5) is 0 Å². The lowest BCUT2D eigenvalue weighted by molar-refractivity contribution is -0.150. The van der Waals surface area contributed by atoms with E-state index in [0.717, 1.165) is 9.75 Å². The van der Waals surface area contributed by atoms with Gasteiger partial charge >= 0.3 is 5.97 Å². The van der Waals surface area contributed by atoms with Crippen LogP contribution in [0, 0.1) is 6.92 Å². The maximum absolute atomic E-state index is 11.9. The number of rotatable bonds is 5. The van der Waals surface area contributed by atoms with Gasteiger partial charge in [0.2, 0.25) is 0 Å². The van der Waals surface area contributed by atoms with E-state index in [1.54, 1.807) is 17.4 Å². The first-order valence-electron chi connectivity index (χ1n) is 7.21. The minimum absolute atomic E-state index is 0.0585. The molecule has 1 fully saturated rings. The molecular weight excluding hydrogens is 338 g/mol. The van der Waals surface area contributed by atoms with Crippen LogP contribution in [0.3, 0.4) is 0 Å². The maximum atomic E-state index is 11.9. The molecule has 8 heteroatoms. The Kier molecular flexibility index (Phi) is 5.59. The smallest absolute Gasteiger partial charge is 0.331 e. The number of carbonyl (C=O) groups is 2. The zero-order valence-corrected chi connectivity index (χ0v) is 14.6. The number of thiophene rings is 1. The number of ether oxygens (including phenoxy) is 1. The molecule has 126 valence electrons. The van der Waals surface area contributed by atoms with Gasteiger partial charge in [0.15, 0.2) is 15.9 Å². The molecule has 0 radical (unpaired) electrons. The van der Waals surface area contributed by atoms with E-state index in [9.17, 15) is 18.0 Å². The Morgan fingerprint density at radius 2 is 2.17 bits per heavy atom. The van der Waals surface area contributed by atoms with Crippen LogP contribution >= 0.6 is 11.3 Å². The minimum Gasteiger partial charge on any atom is -0.449 e. The minimum atomic E-state index is -3.06. The second-order valence-electron chi connectivity index (χ2n) is 5.47. The first kappa shape index (κ1) is 17.7. The standard InChI is InChI=1S/C15H19NO5S2/c1-10-3-4-13(22-10)5-6-14(17)21-11(2)15(18)16-12-7-8-23(19,20)9-12/h3-6,11-12H,7-9H2,1-2H3,(H,16,18)/b6-5+/t11-,12-/m0/s1. The van der Waals surface area contributed by atoms with Crippen molar-refractivity contribution in [2.24, 2.45) is 0 Å². The average molecular weight is 357 g/mol. The van der Waals surface area contributed by atoms with Crippen LogP contribution in [0.25, 0.3) is 6.08 Å². The van der Waals surface area contributed by atoms with E-state index in [1.807, 2.05) is 19.1 Å². The zero-order chi connectivity index (χ0) is 17.0. The molecule has 1 amide bonds. The first-order valence-corrected chi connectivity index (χ1v) is 9.85. The molecule has 1 aliphatic heterocycles. The highest BCUT2D eigenvalue weighted by Gasteiger charge is 2.30. The fourth-order valence-electron chi connectivity index (χ4n) is 2.19. The van der Waals surface area contributed by atoms with E-state index >= 15 is 0 Å². The normalized spacial score (nSPS) is 21.2. The molecule has 0 unspecified atom stereocenters. The van der Waals surface area contributed by atoms with E-state index < -0.39 is 33.9 Å². The molecule has 0 spiro atoms. The summed E-state index contributed by atoms with van der Waals surface area (Å²) in [6, 6.07) is 3.43. The molecule has 1 aromatic rings. The molecule has 1 saturated heterocycles. The molecule has 0 aliphatic carbocycles. The van der Waals surface area contributed by atoms with Crippen LogP contribution in [0.5, 0.6) is 0 Å². The van der Waals surface area contributed by atoms with Gasteiger partial charge < -0.3 is 10.1 Å². The average Bonchev–Trinajstić information content (AvgIpc) is 3.02. The Hall–Kier alpha value is -1.67. The van der Waals surface area contributed by atoms with Gasteiger partial charge in [-0.05, 0) is 38.5 Å². The molecule has 0 saturated carbocycles. The summed E-state index contributed by atoms with van der Waals surface area (Å²) >= 11 is 1.55. The third-order valence-corrected chi connectivity index (χ3v) is 6.12. The van der Waals surface area contributed by atoms with Crippen molar-refractivity contribution in [2.45, 2.75) is 32.4 Å². The molecule has 1 aliphatic rings. The molecular formula is C15H19NO5S2.